The summed E-state index contributed by atoms with van der Waals surface area (Å²) in [5.41, 5.74) is 7.50. The highest BCUT2D eigenvalue weighted by molar-refractivity contribution is 6.30. The second-order valence-electron chi connectivity index (χ2n) is 9.23. The van der Waals surface area contributed by atoms with Gasteiger partial charge in [0.15, 0.2) is 17.1 Å². The maximum absolute atomic E-state index is 5.96. The van der Waals surface area contributed by atoms with Gasteiger partial charge in [-0.1, -0.05) is 68.1 Å². The molecule has 39 heavy (non-hydrogen) atoms. The lowest BCUT2D eigenvalue weighted by Crippen LogP contribution is -2.03. The molecule has 200 valence electrons. The van der Waals surface area contributed by atoms with Crippen LogP contribution in [0.15, 0.2) is 71.8 Å². The van der Waals surface area contributed by atoms with Crippen molar-refractivity contribution in [3.8, 4) is 11.5 Å². The van der Waals surface area contributed by atoms with Gasteiger partial charge in [0.1, 0.15) is 12.1 Å². The van der Waals surface area contributed by atoms with E-state index in [-0.39, 0.29) is 0 Å². The van der Waals surface area contributed by atoms with Crippen molar-refractivity contribution in [3.63, 3.8) is 0 Å². The summed E-state index contributed by atoms with van der Waals surface area (Å²) in [5.74, 6) is 1.59. The number of para-hydroxylation sites is 1. The van der Waals surface area contributed by atoms with Crippen LogP contribution in [0.1, 0.15) is 43.7 Å². The number of fused-ring (bicyclic) bond motifs is 3. The highest BCUT2D eigenvalue weighted by Gasteiger charge is 2.14. The van der Waals surface area contributed by atoms with E-state index in [2.05, 4.69) is 44.3 Å². The standard InChI is InChI=1S/C30H31ClN6O2/c1-3-4-5-8-17-37-25-10-7-6-9-24(25)28-29(37)33-30(36-34-28)35-32-19-22-13-16-26(27(18-22)38-2)39-20-21-11-14-23(31)15-12-21/h6-7,9-16,18-19H,3-5,8,17,20H2,1-2H3,(H,33,35,36)/b32-19+. The molecule has 3 aromatic carbocycles. The van der Waals surface area contributed by atoms with E-state index in [1.165, 1.54) is 19.3 Å². The summed E-state index contributed by atoms with van der Waals surface area (Å²) in [4.78, 5) is 4.76. The molecule has 5 rings (SSSR count). The van der Waals surface area contributed by atoms with Crippen LogP contribution in [0.3, 0.4) is 0 Å². The lowest BCUT2D eigenvalue weighted by molar-refractivity contribution is 0.284. The van der Waals surface area contributed by atoms with Gasteiger partial charge in [-0.2, -0.15) is 10.1 Å². The number of nitrogens with zero attached hydrogens (tertiary/aromatic N) is 5. The van der Waals surface area contributed by atoms with Crippen LogP contribution >= 0.6 is 11.6 Å². The highest BCUT2D eigenvalue weighted by atomic mass is 35.5. The Morgan fingerprint density at radius 1 is 0.974 bits per heavy atom. The summed E-state index contributed by atoms with van der Waals surface area (Å²) in [6.45, 7) is 3.51. The van der Waals surface area contributed by atoms with Gasteiger partial charge in [0.2, 0.25) is 0 Å². The first-order valence-corrected chi connectivity index (χ1v) is 13.5. The molecular formula is C30H31ClN6O2. The summed E-state index contributed by atoms with van der Waals surface area (Å²) in [7, 11) is 1.61. The Balaban J connectivity index is 1.30. The predicted octanol–water partition coefficient (Wildman–Crippen LogP) is 7.25. The number of anilines is 1. The number of aromatic nitrogens is 4. The predicted molar refractivity (Wildman–Crippen MR) is 157 cm³/mol. The molecule has 0 fully saturated rings. The second kappa shape index (κ2) is 12.6. The minimum atomic E-state index is 0.339. The normalized spacial score (nSPS) is 11.5. The third-order valence-electron chi connectivity index (χ3n) is 6.48. The Morgan fingerprint density at radius 3 is 2.64 bits per heavy atom. The molecule has 0 unspecified atom stereocenters. The third-order valence-corrected chi connectivity index (χ3v) is 6.73. The first kappa shape index (κ1) is 26.4. The Morgan fingerprint density at radius 2 is 1.82 bits per heavy atom. The summed E-state index contributed by atoms with van der Waals surface area (Å²) in [5, 5.41) is 14.8. The van der Waals surface area contributed by atoms with Gasteiger partial charge in [-0.15, -0.1) is 10.2 Å². The lowest BCUT2D eigenvalue weighted by atomic mass is 10.2. The molecule has 0 saturated carbocycles. The van der Waals surface area contributed by atoms with Crippen LogP contribution in [0.4, 0.5) is 5.95 Å². The first-order valence-electron chi connectivity index (χ1n) is 13.1. The molecule has 0 radical (unpaired) electrons. The van der Waals surface area contributed by atoms with E-state index in [0.717, 1.165) is 46.2 Å². The number of halogens is 1. The van der Waals surface area contributed by atoms with E-state index in [1.54, 1.807) is 13.3 Å². The second-order valence-corrected chi connectivity index (χ2v) is 9.67. The molecule has 0 amide bonds. The zero-order valence-electron chi connectivity index (χ0n) is 22.1. The molecule has 5 aromatic rings. The number of hydrogen-bond donors (Lipinski definition) is 1. The molecule has 0 aliphatic rings. The number of hydrazone groups is 1. The Kier molecular flexibility index (Phi) is 8.53. The molecule has 1 N–H and O–H groups in total. The minimum Gasteiger partial charge on any atom is -0.493 e. The van der Waals surface area contributed by atoms with Crippen LogP contribution < -0.4 is 14.9 Å². The maximum atomic E-state index is 5.96. The van der Waals surface area contributed by atoms with E-state index in [4.69, 9.17) is 26.1 Å². The number of unbranched alkanes of at least 4 members (excludes halogenated alkanes) is 3. The van der Waals surface area contributed by atoms with Gasteiger partial charge in [0.05, 0.1) is 18.8 Å². The van der Waals surface area contributed by atoms with E-state index < -0.39 is 0 Å². The van der Waals surface area contributed by atoms with Gasteiger partial charge in [0, 0.05) is 17.0 Å². The molecule has 0 bridgehead atoms. The van der Waals surface area contributed by atoms with Crippen LogP contribution in [0, 0.1) is 0 Å². The molecule has 2 heterocycles. The van der Waals surface area contributed by atoms with Gasteiger partial charge in [-0.3, -0.25) is 0 Å². The van der Waals surface area contributed by atoms with Gasteiger partial charge in [-0.25, -0.2) is 5.43 Å². The first-order chi connectivity index (χ1) is 19.2. The van der Waals surface area contributed by atoms with E-state index in [1.807, 2.05) is 54.6 Å². The Hall–Kier alpha value is -4.17. The molecule has 0 atom stereocenters. The largest absolute Gasteiger partial charge is 0.493 e. The number of aryl methyl sites for hydroxylation is 1. The fourth-order valence-corrected chi connectivity index (χ4v) is 4.59. The molecule has 9 heteroatoms. The number of methoxy groups -OCH3 is 1. The number of hydrogen-bond acceptors (Lipinski definition) is 7. The smallest absolute Gasteiger partial charge is 0.265 e. The minimum absolute atomic E-state index is 0.339. The van der Waals surface area contributed by atoms with Crippen LogP contribution in [-0.4, -0.2) is 33.1 Å². The third kappa shape index (κ3) is 6.29. The lowest BCUT2D eigenvalue weighted by Gasteiger charge is -2.11. The molecule has 0 spiro atoms. The van der Waals surface area contributed by atoms with Crippen LogP contribution in [0.5, 0.6) is 11.5 Å². The van der Waals surface area contributed by atoms with Crippen molar-refractivity contribution in [2.24, 2.45) is 5.10 Å². The van der Waals surface area contributed by atoms with Crippen molar-refractivity contribution in [1.29, 1.82) is 0 Å². The van der Waals surface area contributed by atoms with Crippen LogP contribution in [0.25, 0.3) is 22.1 Å². The van der Waals surface area contributed by atoms with Crippen molar-refractivity contribution < 1.29 is 9.47 Å². The van der Waals surface area contributed by atoms with Crippen molar-refractivity contribution in [1.82, 2.24) is 19.7 Å². The average molecular weight is 543 g/mol. The molecule has 2 aromatic heterocycles. The van der Waals surface area contributed by atoms with Crippen LogP contribution in [-0.2, 0) is 13.2 Å². The number of benzene rings is 3. The quantitative estimate of drug-likeness (QED) is 0.101. The Bertz CT molecular complexity index is 1580. The zero-order valence-corrected chi connectivity index (χ0v) is 22.9. The molecule has 0 saturated heterocycles. The van der Waals surface area contributed by atoms with Crippen molar-refractivity contribution >= 4 is 45.8 Å². The SMILES string of the molecule is CCCCCCn1c2ccccc2c2nnc(N/N=C/c3ccc(OCc4ccc(Cl)cc4)c(OC)c3)nc21. The van der Waals surface area contributed by atoms with Crippen molar-refractivity contribution in [3.05, 3.63) is 82.9 Å². The van der Waals surface area contributed by atoms with E-state index in [9.17, 15) is 0 Å². The van der Waals surface area contributed by atoms with Gasteiger partial charge < -0.3 is 14.0 Å². The fraction of sp³-hybridized carbons (Fsp3) is 0.267. The fourth-order valence-electron chi connectivity index (χ4n) is 4.46. The van der Waals surface area contributed by atoms with Gasteiger partial charge >= 0.3 is 0 Å². The average Bonchev–Trinajstić information content (AvgIpc) is 3.28. The monoisotopic (exact) mass is 542 g/mol. The molecule has 8 nitrogen and oxygen atoms in total. The van der Waals surface area contributed by atoms with Gasteiger partial charge in [0.25, 0.3) is 5.95 Å². The van der Waals surface area contributed by atoms with E-state index in [0.29, 0.717) is 29.1 Å². The molecule has 0 aliphatic heterocycles. The number of nitrogens with one attached hydrogen (secondary N) is 1. The van der Waals surface area contributed by atoms with Crippen molar-refractivity contribution in [2.45, 2.75) is 45.8 Å². The zero-order chi connectivity index (χ0) is 27.0. The topological polar surface area (TPSA) is 86.5 Å². The highest BCUT2D eigenvalue weighted by Crippen LogP contribution is 2.29. The summed E-state index contributed by atoms with van der Waals surface area (Å²) >= 11 is 5.96. The molecular weight excluding hydrogens is 512 g/mol. The van der Waals surface area contributed by atoms with E-state index >= 15 is 0 Å². The Labute approximate surface area is 232 Å². The molecule has 0 aliphatic carbocycles. The number of rotatable bonds is 12. The van der Waals surface area contributed by atoms with Gasteiger partial charge in [-0.05, 0) is 53.9 Å². The number of ether oxygens (including phenoxy) is 2. The summed E-state index contributed by atoms with van der Waals surface area (Å²) < 4.78 is 13.7. The summed E-state index contributed by atoms with van der Waals surface area (Å²) in [6.07, 6.45) is 6.39. The summed E-state index contributed by atoms with van der Waals surface area (Å²) in [6, 6.07) is 21.4. The maximum Gasteiger partial charge on any atom is 0.265 e. The van der Waals surface area contributed by atoms with Crippen molar-refractivity contribution in [2.75, 3.05) is 12.5 Å². The van der Waals surface area contributed by atoms with Crippen LogP contribution in [0.2, 0.25) is 5.02 Å².